The van der Waals surface area contributed by atoms with Gasteiger partial charge >= 0.3 is 12.7 Å². The number of carbonyl (C=O) groups excluding carboxylic acids is 3. The third-order valence-corrected chi connectivity index (χ3v) is 10.6. The minimum atomic E-state index is -3.97. The molecular formula is C21H30N7O10PS. The number of imide groups is 1. The lowest BCUT2D eigenvalue weighted by Crippen LogP contribution is -2.44. The average Bonchev–Trinajstić information content (AvgIpc) is 3.53. The number of esters is 1. The van der Waals surface area contributed by atoms with Gasteiger partial charge in [0.25, 0.3) is 0 Å². The molecule has 0 spiro atoms. The normalized spacial score (nSPS) is 28.9. The van der Waals surface area contributed by atoms with Crippen LogP contribution in [0.2, 0.25) is 0 Å². The molecule has 17 nitrogen and oxygen atoms in total. The first-order chi connectivity index (χ1) is 18.8. The van der Waals surface area contributed by atoms with E-state index >= 15 is 0 Å². The number of methoxy groups -OCH3 is 2. The van der Waals surface area contributed by atoms with Crippen LogP contribution in [0, 0.1) is 5.92 Å². The van der Waals surface area contributed by atoms with Crippen LogP contribution in [0.4, 0.5) is 5.95 Å². The fourth-order valence-corrected chi connectivity index (χ4v) is 8.30. The maximum Gasteiger partial charge on any atom is 0.327 e. The number of rotatable bonds is 11. The zero-order valence-electron chi connectivity index (χ0n) is 22.0. The molecule has 19 heteroatoms. The summed E-state index contributed by atoms with van der Waals surface area (Å²) >= 11 is 0.715. The number of hydrogen-bond acceptors (Lipinski definition) is 15. The molecule has 0 saturated carbocycles. The highest BCUT2D eigenvalue weighted by Crippen LogP contribution is 2.58. The van der Waals surface area contributed by atoms with Gasteiger partial charge in [-0.15, -0.1) is 0 Å². The Kier molecular flexibility index (Phi) is 8.70. The predicted molar refractivity (Wildman–Crippen MR) is 139 cm³/mol. The summed E-state index contributed by atoms with van der Waals surface area (Å²) in [5, 5.41) is 26.9. The van der Waals surface area contributed by atoms with Crippen molar-refractivity contribution in [1.29, 1.82) is 0 Å². The standard InChI is InChI=1S/C21H30N7O10PS/c1-9(18(32)36-4)27-39(34,40-7-10-5-12(29)24-16(10)31)37-6-11-14(30)21(2,33)19(38-11)28-8-23-13-15(28)25-20(22)26-17(13)35-3/h8-11,14,19,30,33H,5-7H2,1-4H3,(H,27,34)(H2,22,25,26)(H,24,29,31)/t9-,10?,11-,14-,19-,21-,39-/m1/s1. The molecule has 7 atom stereocenters. The minimum Gasteiger partial charge on any atom is -0.479 e. The average molecular weight is 604 g/mol. The van der Waals surface area contributed by atoms with Gasteiger partial charge in [0.05, 0.1) is 33.1 Å². The van der Waals surface area contributed by atoms with Gasteiger partial charge in [0, 0.05) is 12.2 Å². The zero-order chi connectivity index (χ0) is 29.4. The second-order valence-electron chi connectivity index (χ2n) is 9.39. The molecule has 0 aliphatic carbocycles. The van der Waals surface area contributed by atoms with Gasteiger partial charge in [-0.05, 0) is 13.8 Å². The number of anilines is 1. The molecule has 1 unspecified atom stereocenters. The summed E-state index contributed by atoms with van der Waals surface area (Å²) in [6, 6.07) is -1.06. The van der Waals surface area contributed by atoms with Crippen molar-refractivity contribution in [2.75, 3.05) is 32.3 Å². The number of nitrogen functional groups attached to an aromatic ring is 1. The number of carbonyl (C=O) groups is 3. The van der Waals surface area contributed by atoms with Crippen LogP contribution in [0.1, 0.15) is 26.5 Å². The zero-order valence-corrected chi connectivity index (χ0v) is 23.7. The van der Waals surface area contributed by atoms with Gasteiger partial charge in [-0.1, -0.05) is 11.4 Å². The van der Waals surface area contributed by atoms with E-state index < -0.39 is 67.1 Å². The summed E-state index contributed by atoms with van der Waals surface area (Å²) in [5.41, 5.74) is 4.28. The van der Waals surface area contributed by atoms with E-state index in [1.54, 1.807) is 0 Å². The molecule has 0 aromatic carbocycles. The molecule has 4 heterocycles. The van der Waals surface area contributed by atoms with E-state index in [2.05, 4.69) is 30.1 Å². The molecule has 40 heavy (non-hydrogen) atoms. The molecule has 4 rings (SSSR count). The van der Waals surface area contributed by atoms with Crippen LogP contribution in [0.3, 0.4) is 0 Å². The van der Waals surface area contributed by atoms with Crippen molar-refractivity contribution in [3.63, 3.8) is 0 Å². The topological polar surface area (TPSA) is 239 Å². The minimum absolute atomic E-state index is 0.0614. The maximum atomic E-state index is 13.8. The number of fused-ring (bicyclic) bond motifs is 1. The van der Waals surface area contributed by atoms with E-state index in [1.807, 2.05) is 0 Å². The molecular weight excluding hydrogens is 573 g/mol. The van der Waals surface area contributed by atoms with Crippen molar-refractivity contribution < 1.29 is 47.9 Å². The lowest BCUT2D eigenvalue weighted by molar-refractivity contribution is -0.142. The highest BCUT2D eigenvalue weighted by molar-refractivity contribution is 8.56. The Morgan fingerprint density at radius 2 is 2.15 bits per heavy atom. The van der Waals surface area contributed by atoms with Crippen LogP contribution in [0.5, 0.6) is 5.88 Å². The largest absolute Gasteiger partial charge is 0.479 e. The highest BCUT2D eigenvalue weighted by Gasteiger charge is 2.54. The first kappa shape index (κ1) is 30.1. The summed E-state index contributed by atoms with van der Waals surface area (Å²) in [6.07, 6.45) is -2.75. The number of nitrogens with one attached hydrogen (secondary N) is 2. The summed E-state index contributed by atoms with van der Waals surface area (Å²) in [4.78, 5) is 47.8. The summed E-state index contributed by atoms with van der Waals surface area (Å²) in [7, 11) is 2.54. The second-order valence-corrected chi connectivity index (χ2v) is 13.7. The van der Waals surface area contributed by atoms with Crippen LogP contribution < -0.4 is 20.9 Å². The Balaban J connectivity index is 1.53. The van der Waals surface area contributed by atoms with E-state index in [9.17, 15) is 29.2 Å². The number of amides is 2. The second kappa shape index (κ2) is 11.6. The molecule has 2 aliphatic rings. The van der Waals surface area contributed by atoms with Crippen molar-refractivity contribution in [1.82, 2.24) is 29.9 Å². The molecule has 220 valence electrons. The third-order valence-electron chi connectivity index (χ3n) is 6.43. The van der Waals surface area contributed by atoms with Crippen LogP contribution in [-0.2, 0) is 32.9 Å². The van der Waals surface area contributed by atoms with Gasteiger partial charge in [-0.3, -0.25) is 28.8 Å². The monoisotopic (exact) mass is 603 g/mol. The fraction of sp³-hybridized carbons (Fsp3) is 0.619. The van der Waals surface area contributed by atoms with Crippen molar-refractivity contribution in [2.45, 2.75) is 50.3 Å². The number of nitrogens with two attached hydrogens (primary N) is 1. The Morgan fingerprint density at radius 3 is 2.77 bits per heavy atom. The number of imidazole rings is 1. The van der Waals surface area contributed by atoms with E-state index in [0.29, 0.717) is 11.4 Å². The molecule has 0 bridgehead atoms. The predicted octanol–water partition coefficient (Wildman–Crippen LogP) is -0.902. The van der Waals surface area contributed by atoms with Gasteiger partial charge in [-0.2, -0.15) is 9.97 Å². The number of aromatic nitrogens is 4. The smallest absolute Gasteiger partial charge is 0.327 e. The molecule has 2 amide bonds. The number of aliphatic hydroxyl groups excluding tert-OH is 1. The van der Waals surface area contributed by atoms with Gasteiger partial charge in [0.1, 0.15) is 23.9 Å². The van der Waals surface area contributed by atoms with Crippen LogP contribution in [0.15, 0.2) is 6.33 Å². The molecule has 6 N–H and O–H groups in total. The van der Waals surface area contributed by atoms with Crippen molar-refractivity contribution in [2.24, 2.45) is 5.92 Å². The lowest BCUT2D eigenvalue weighted by atomic mass is 9.96. The van der Waals surface area contributed by atoms with E-state index in [1.165, 1.54) is 31.9 Å². The first-order valence-corrected chi connectivity index (χ1v) is 15.2. The highest BCUT2D eigenvalue weighted by atomic mass is 32.7. The fourth-order valence-electron chi connectivity index (χ4n) is 4.28. The lowest BCUT2D eigenvalue weighted by Gasteiger charge is -2.27. The Hall–Kier alpha value is -2.86. The van der Waals surface area contributed by atoms with Crippen molar-refractivity contribution in [3.05, 3.63) is 6.33 Å². The maximum absolute atomic E-state index is 13.8. The van der Waals surface area contributed by atoms with Crippen LogP contribution >= 0.6 is 18.1 Å². The number of aliphatic hydroxyl groups is 2. The Labute approximate surface area is 231 Å². The summed E-state index contributed by atoms with van der Waals surface area (Å²) in [6.45, 7) is -1.73. The number of hydrogen-bond donors (Lipinski definition) is 5. The third kappa shape index (κ3) is 5.93. The number of nitrogens with zero attached hydrogens (tertiary/aromatic N) is 4. The summed E-state index contributed by atoms with van der Waals surface area (Å²) < 4.78 is 36.6. The Bertz CT molecular complexity index is 1360. The van der Waals surface area contributed by atoms with Crippen LogP contribution in [-0.4, -0.2) is 97.9 Å². The van der Waals surface area contributed by atoms with Gasteiger partial charge in [0.15, 0.2) is 17.4 Å². The van der Waals surface area contributed by atoms with Gasteiger partial charge in [-0.25, -0.2) is 10.1 Å². The molecule has 2 saturated heterocycles. The van der Waals surface area contributed by atoms with E-state index in [0.717, 1.165) is 7.11 Å². The van der Waals surface area contributed by atoms with Gasteiger partial charge in [0.2, 0.25) is 23.6 Å². The van der Waals surface area contributed by atoms with Crippen LogP contribution in [0.25, 0.3) is 11.2 Å². The molecule has 2 aromatic rings. The van der Waals surface area contributed by atoms with Gasteiger partial charge < -0.3 is 34.7 Å². The van der Waals surface area contributed by atoms with E-state index in [-0.39, 0.29) is 35.2 Å². The SMILES string of the molecule is COC(=O)[C@@H](C)N[P@@](=O)(OC[C@H]1O[C@@H](n2cnc3c(OC)nc(N)nc32)[C@](C)(O)[C@@H]1O)SCC1CC(=O)NC1=O. The number of ether oxygens (including phenoxy) is 3. The molecule has 2 aromatic heterocycles. The van der Waals surface area contributed by atoms with Crippen molar-refractivity contribution >= 4 is 53.0 Å². The first-order valence-electron chi connectivity index (χ1n) is 12.0. The molecule has 2 fully saturated rings. The quantitative estimate of drug-likeness (QED) is 0.119. The molecule has 2 aliphatic heterocycles. The van der Waals surface area contributed by atoms with E-state index in [4.69, 9.17) is 19.7 Å². The molecule has 0 radical (unpaired) electrons. The van der Waals surface area contributed by atoms with Crippen molar-refractivity contribution in [3.8, 4) is 5.88 Å². The summed E-state index contributed by atoms with van der Waals surface area (Å²) in [5.74, 6) is -2.51. The Morgan fingerprint density at radius 1 is 1.43 bits per heavy atom.